The fraction of sp³-hybridized carbons (Fsp3) is 0.308. The molecule has 0 unspecified atom stereocenters. The van der Waals surface area contributed by atoms with Gasteiger partial charge in [0.15, 0.2) is 0 Å². The number of nitrogens with zero attached hydrogens (tertiary/aromatic N) is 2. The van der Waals surface area contributed by atoms with E-state index < -0.39 is 0 Å². The van der Waals surface area contributed by atoms with Crippen molar-refractivity contribution >= 4 is 22.6 Å². The molecule has 31 heavy (non-hydrogen) atoms. The molecule has 2 aliphatic rings. The number of carbonyl (C=O) groups is 2. The first-order chi connectivity index (χ1) is 15.0. The molecular weight excluding hydrogens is 391 g/mol. The van der Waals surface area contributed by atoms with Crippen LogP contribution in [0.25, 0.3) is 10.8 Å². The molecule has 2 fully saturated rings. The molecule has 0 radical (unpaired) electrons. The predicted molar refractivity (Wildman–Crippen MR) is 118 cm³/mol. The molecule has 3 aromatic rings. The van der Waals surface area contributed by atoms with Gasteiger partial charge < -0.3 is 9.80 Å². The van der Waals surface area contributed by atoms with Gasteiger partial charge >= 0.3 is 0 Å². The minimum absolute atomic E-state index is 0.0481. The van der Waals surface area contributed by atoms with Gasteiger partial charge in [0.25, 0.3) is 5.91 Å². The third kappa shape index (κ3) is 3.69. The Balaban J connectivity index is 1.28. The monoisotopic (exact) mass is 416 g/mol. The van der Waals surface area contributed by atoms with Crippen LogP contribution < -0.4 is 0 Å². The van der Waals surface area contributed by atoms with Gasteiger partial charge in [0, 0.05) is 49.0 Å². The lowest BCUT2D eigenvalue weighted by molar-refractivity contribution is -0.128. The second kappa shape index (κ2) is 7.80. The highest BCUT2D eigenvalue weighted by Crippen LogP contribution is 2.42. The van der Waals surface area contributed by atoms with E-state index in [1.54, 1.807) is 24.3 Å². The molecule has 5 heteroatoms. The van der Waals surface area contributed by atoms with Gasteiger partial charge in [-0.15, -0.1) is 0 Å². The molecule has 2 aliphatic heterocycles. The summed E-state index contributed by atoms with van der Waals surface area (Å²) in [4.78, 5) is 29.7. The van der Waals surface area contributed by atoms with Crippen molar-refractivity contribution in [3.8, 4) is 0 Å². The van der Waals surface area contributed by atoms with Crippen LogP contribution in [-0.4, -0.2) is 41.2 Å². The largest absolute Gasteiger partial charge is 0.339 e. The second-order valence-corrected chi connectivity index (χ2v) is 8.84. The van der Waals surface area contributed by atoms with Crippen LogP contribution >= 0.6 is 0 Å². The summed E-state index contributed by atoms with van der Waals surface area (Å²) in [6, 6.07) is 20.1. The van der Waals surface area contributed by atoms with E-state index in [-0.39, 0.29) is 23.0 Å². The first kappa shape index (κ1) is 19.7. The smallest absolute Gasteiger partial charge is 0.254 e. The average Bonchev–Trinajstić information content (AvgIpc) is 3.09. The van der Waals surface area contributed by atoms with E-state index in [1.165, 1.54) is 6.07 Å². The van der Waals surface area contributed by atoms with Crippen molar-refractivity contribution in [1.29, 1.82) is 0 Å². The fourth-order valence-corrected chi connectivity index (χ4v) is 5.07. The molecule has 2 heterocycles. The molecule has 2 saturated heterocycles. The van der Waals surface area contributed by atoms with Gasteiger partial charge in [0.05, 0.1) is 0 Å². The van der Waals surface area contributed by atoms with Crippen LogP contribution in [-0.2, 0) is 11.3 Å². The van der Waals surface area contributed by atoms with Gasteiger partial charge in [0.1, 0.15) is 5.82 Å². The number of amides is 2. The molecule has 158 valence electrons. The van der Waals surface area contributed by atoms with E-state index in [1.807, 2.05) is 46.2 Å². The molecule has 4 nitrogen and oxygen atoms in total. The molecular formula is C26H25FN2O2. The lowest BCUT2D eigenvalue weighted by Gasteiger charge is -2.39. The predicted octanol–water partition coefficient (Wildman–Crippen LogP) is 4.63. The zero-order chi connectivity index (χ0) is 21.4. The highest BCUT2D eigenvalue weighted by Gasteiger charge is 2.45. The van der Waals surface area contributed by atoms with Crippen molar-refractivity contribution in [1.82, 2.24) is 9.80 Å². The van der Waals surface area contributed by atoms with E-state index >= 15 is 0 Å². The van der Waals surface area contributed by atoms with Crippen LogP contribution in [0.3, 0.4) is 0 Å². The van der Waals surface area contributed by atoms with Crippen molar-refractivity contribution in [3.63, 3.8) is 0 Å². The maximum Gasteiger partial charge on any atom is 0.254 e. The van der Waals surface area contributed by atoms with E-state index in [0.29, 0.717) is 42.4 Å². The van der Waals surface area contributed by atoms with Crippen LogP contribution in [0.5, 0.6) is 0 Å². The number of benzene rings is 3. The SMILES string of the molecule is O=C1CC2(CCN(C(=O)c3ccc(F)c4ccccc34)CC2)CN1Cc1ccccc1. The standard InChI is InChI=1S/C26H25FN2O2/c27-23-11-10-22(20-8-4-5-9-21(20)23)25(31)28-14-12-26(13-15-28)16-24(30)29(18-26)17-19-6-2-1-3-7-19/h1-11H,12-18H2. The van der Waals surface area contributed by atoms with Crippen molar-refractivity contribution < 1.29 is 14.0 Å². The van der Waals surface area contributed by atoms with Crippen LogP contribution in [0.4, 0.5) is 4.39 Å². The quantitative estimate of drug-likeness (QED) is 0.624. The Morgan fingerprint density at radius 1 is 0.903 bits per heavy atom. The summed E-state index contributed by atoms with van der Waals surface area (Å²) < 4.78 is 14.1. The number of hydrogen-bond acceptors (Lipinski definition) is 2. The second-order valence-electron chi connectivity index (χ2n) is 8.84. The number of rotatable bonds is 3. The molecule has 0 aromatic heterocycles. The van der Waals surface area contributed by atoms with Gasteiger partial charge in [-0.05, 0) is 35.9 Å². The summed E-state index contributed by atoms with van der Waals surface area (Å²) in [5, 5.41) is 1.12. The number of piperidine rings is 1. The zero-order valence-corrected chi connectivity index (χ0v) is 17.4. The van der Waals surface area contributed by atoms with Gasteiger partial charge in [-0.3, -0.25) is 9.59 Å². The molecule has 2 amide bonds. The molecule has 0 bridgehead atoms. The summed E-state index contributed by atoms with van der Waals surface area (Å²) in [6.45, 7) is 2.64. The Hall–Kier alpha value is -3.21. The number of carbonyl (C=O) groups excluding carboxylic acids is 2. The van der Waals surface area contributed by atoms with Gasteiger partial charge in [-0.25, -0.2) is 4.39 Å². The summed E-state index contributed by atoms with van der Waals surface area (Å²) in [5.41, 5.74) is 1.64. The molecule has 1 spiro atoms. The molecule has 0 atom stereocenters. The Morgan fingerprint density at radius 3 is 2.32 bits per heavy atom. The van der Waals surface area contributed by atoms with E-state index in [0.717, 1.165) is 24.9 Å². The summed E-state index contributed by atoms with van der Waals surface area (Å²) in [7, 11) is 0. The Morgan fingerprint density at radius 2 is 1.58 bits per heavy atom. The normalized spacial score (nSPS) is 18.2. The first-order valence-corrected chi connectivity index (χ1v) is 10.8. The van der Waals surface area contributed by atoms with Crippen molar-refractivity contribution in [2.24, 2.45) is 5.41 Å². The molecule has 0 N–H and O–H groups in total. The highest BCUT2D eigenvalue weighted by molar-refractivity contribution is 6.07. The van der Waals surface area contributed by atoms with Gasteiger partial charge in [-0.2, -0.15) is 0 Å². The van der Waals surface area contributed by atoms with E-state index in [2.05, 4.69) is 0 Å². The highest BCUT2D eigenvalue weighted by atomic mass is 19.1. The Bertz CT molecular complexity index is 1140. The third-order valence-corrected chi connectivity index (χ3v) is 6.83. The third-order valence-electron chi connectivity index (χ3n) is 6.83. The molecule has 3 aromatic carbocycles. The summed E-state index contributed by atoms with van der Waals surface area (Å²) in [6.07, 6.45) is 2.19. The lowest BCUT2D eigenvalue weighted by Crippen LogP contribution is -2.44. The molecule has 0 aliphatic carbocycles. The maximum absolute atomic E-state index is 14.1. The Labute approximate surface area is 181 Å². The van der Waals surface area contributed by atoms with Crippen LogP contribution in [0.15, 0.2) is 66.7 Å². The van der Waals surface area contributed by atoms with Gasteiger partial charge in [-0.1, -0.05) is 54.6 Å². The van der Waals surface area contributed by atoms with Crippen LogP contribution in [0.2, 0.25) is 0 Å². The first-order valence-electron chi connectivity index (χ1n) is 10.8. The zero-order valence-electron chi connectivity index (χ0n) is 17.4. The summed E-state index contributed by atoms with van der Waals surface area (Å²) in [5.74, 6) is -0.169. The van der Waals surface area contributed by atoms with E-state index in [4.69, 9.17) is 0 Å². The van der Waals surface area contributed by atoms with Crippen LogP contribution in [0.1, 0.15) is 35.2 Å². The maximum atomic E-state index is 14.1. The number of likely N-dealkylation sites (tertiary alicyclic amines) is 2. The topological polar surface area (TPSA) is 40.6 Å². The van der Waals surface area contributed by atoms with E-state index in [9.17, 15) is 14.0 Å². The number of fused-ring (bicyclic) bond motifs is 1. The van der Waals surface area contributed by atoms with Crippen molar-refractivity contribution in [3.05, 3.63) is 83.7 Å². The molecule has 0 saturated carbocycles. The summed E-state index contributed by atoms with van der Waals surface area (Å²) >= 11 is 0. The molecule has 5 rings (SSSR count). The average molecular weight is 416 g/mol. The minimum atomic E-state index is -0.312. The van der Waals surface area contributed by atoms with Crippen molar-refractivity contribution in [2.75, 3.05) is 19.6 Å². The number of hydrogen-bond donors (Lipinski definition) is 0. The number of halogens is 1. The van der Waals surface area contributed by atoms with Crippen molar-refractivity contribution in [2.45, 2.75) is 25.8 Å². The Kier molecular flexibility index (Phi) is 4.97. The van der Waals surface area contributed by atoms with Crippen LogP contribution in [0, 0.1) is 11.2 Å². The van der Waals surface area contributed by atoms with Gasteiger partial charge in [0.2, 0.25) is 5.91 Å². The lowest BCUT2D eigenvalue weighted by atomic mass is 9.77. The fourth-order valence-electron chi connectivity index (χ4n) is 5.07. The minimum Gasteiger partial charge on any atom is -0.339 e.